The summed E-state index contributed by atoms with van der Waals surface area (Å²) in [4.78, 5) is 17.1. The summed E-state index contributed by atoms with van der Waals surface area (Å²) in [7, 11) is 1.71. The van der Waals surface area contributed by atoms with Crippen LogP contribution in [0.25, 0.3) is 0 Å². The lowest BCUT2D eigenvalue weighted by Gasteiger charge is -2.40. The molecule has 1 aliphatic rings. The van der Waals surface area contributed by atoms with Crippen LogP contribution in [0.4, 0.5) is 0 Å². The summed E-state index contributed by atoms with van der Waals surface area (Å²) in [5, 5.41) is 8.52. The fourth-order valence-corrected chi connectivity index (χ4v) is 3.59. The molecule has 1 heterocycles. The number of ether oxygens (including phenoxy) is 1. The van der Waals surface area contributed by atoms with E-state index in [2.05, 4.69) is 60.2 Å². The molecule has 0 amide bonds. The van der Waals surface area contributed by atoms with Crippen molar-refractivity contribution in [2.45, 2.75) is 107 Å². The highest BCUT2D eigenvalue weighted by Gasteiger charge is 2.29. The fraction of sp³-hybridized carbons (Fsp3) is 0.800. The number of hydrogen-bond acceptors (Lipinski definition) is 5. The zero-order chi connectivity index (χ0) is 25.5. The molecule has 3 N–H and O–H groups in total. The summed E-state index contributed by atoms with van der Waals surface area (Å²) in [6, 6.07) is 0. The third kappa shape index (κ3) is 16.7. The van der Waals surface area contributed by atoms with Crippen molar-refractivity contribution in [3.8, 4) is 0 Å². The molecule has 1 aliphatic heterocycles. The van der Waals surface area contributed by atoms with E-state index in [4.69, 9.17) is 9.94 Å². The molecule has 0 saturated carbocycles. The zero-order valence-corrected chi connectivity index (χ0v) is 24.1. The topological polar surface area (TPSA) is 75.6 Å². The van der Waals surface area contributed by atoms with E-state index in [0.717, 1.165) is 31.6 Å². The molecule has 32 heavy (non-hydrogen) atoms. The Kier molecular flexibility index (Phi) is 17.4. The summed E-state index contributed by atoms with van der Waals surface area (Å²) in [6.45, 7) is 22.9. The molecule has 7 heteroatoms. The minimum Gasteiger partial charge on any atom is -0.465 e. The molecular formula is C25H50BrN2O4+. The van der Waals surface area contributed by atoms with E-state index >= 15 is 0 Å². The Morgan fingerprint density at radius 3 is 1.91 bits per heavy atom. The van der Waals surface area contributed by atoms with Crippen LogP contribution in [-0.4, -0.2) is 48.4 Å². The number of quaternary nitrogens is 1. The first-order valence-corrected chi connectivity index (χ1v) is 12.4. The third-order valence-corrected chi connectivity index (χ3v) is 5.80. The highest BCUT2D eigenvalue weighted by Crippen LogP contribution is 2.36. The maximum atomic E-state index is 9.39. The second-order valence-electron chi connectivity index (χ2n) is 10.1. The van der Waals surface area contributed by atoms with Gasteiger partial charge >= 0.3 is 0 Å². The Bertz CT molecular complexity index is 571. The van der Waals surface area contributed by atoms with Gasteiger partial charge in [-0.05, 0) is 87.2 Å². The van der Waals surface area contributed by atoms with Gasteiger partial charge in [-0.1, -0.05) is 27.7 Å². The van der Waals surface area contributed by atoms with Gasteiger partial charge in [0.25, 0.3) is 6.47 Å². The molecule has 0 unspecified atom stereocenters. The largest absolute Gasteiger partial charge is 0.465 e. The van der Waals surface area contributed by atoms with Gasteiger partial charge < -0.3 is 14.7 Å². The van der Waals surface area contributed by atoms with Crippen molar-refractivity contribution in [2.75, 3.05) is 20.2 Å². The quantitative estimate of drug-likeness (QED) is 0.258. The van der Waals surface area contributed by atoms with Gasteiger partial charge in [0.2, 0.25) is 0 Å². The molecular weight excluding hydrogens is 472 g/mol. The van der Waals surface area contributed by atoms with Crippen molar-refractivity contribution in [3.63, 3.8) is 0 Å². The Balaban J connectivity index is 0. The number of carbonyl (C=O) groups excluding carboxylic acids is 1. The summed E-state index contributed by atoms with van der Waals surface area (Å²) in [5.74, 6) is 0. The average Bonchev–Trinajstić information content (AvgIpc) is 2.65. The third-order valence-electron chi connectivity index (χ3n) is 4.80. The summed E-state index contributed by atoms with van der Waals surface area (Å²) < 4.78 is 5.54. The van der Waals surface area contributed by atoms with Crippen LogP contribution in [0.1, 0.15) is 94.9 Å². The molecule has 0 aromatic heterocycles. The number of hydroxylamine groups is 1. The number of aliphatic hydroxyl groups is 1. The fourth-order valence-electron chi connectivity index (χ4n) is 2.96. The summed E-state index contributed by atoms with van der Waals surface area (Å²) in [5.41, 5.74) is 5.86. The van der Waals surface area contributed by atoms with E-state index in [1.54, 1.807) is 41.7 Å². The van der Waals surface area contributed by atoms with Crippen LogP contribution >= 0.6 is 15.9 Å². The van der Waals surface area contributed by atoms with E-state index in [-0.39, 0.29) is 6.10 Å². The van der Waals surface area contributed by atoms with Crippen LogP contribution in [0.5, 0.6) is 0 Å². The van der Waals surface area contributed by atoms with Gasteiger partial charge in [0.1, 0.15) is 0 Å². The van der Waals surface area contributed by atoms with Gasteiger partial charge in [-0.25, -0.2) is 4.84 Å². The lowest BCUT2D eigenvalue weighted by molar-refractivity contribution is -0.854. The molecule has 0 radical (unpaired) electrons. The average molecular weight is 523 g/mol. The Hall–Kier alpha value is -0.890. The van der Waals surface area contributed by atoms with Crippen LogP contribution in [0.2, 0.25) is 0 Å². The number of nitrogens with two attached hydrogens (primary N) is 1. The zero-order valence-electron chi connectivity index (χ0n) is 22.5. The lowest BCUT2D eigenvalue weighted by Crippen LogP contribution is -2.80. The van der Waals surface area contributed by atoms with Crippen molar-refractivity contribution < 1.29 is 25.0 Å². The van der Waals surface area contributed by atoms with E-state index in [1.807, 2.05) is 5.48 Å². The van der Waals surface area contributed by atoms with E-state index < -0.39 is 5.60 Å². The molecule has 190 valence electrons. The van der Waals surface area contributed by atoms with Gasteiger partial charge in [0, 0.05) is 20.0 Å². The Morgan fingerprint density at radius 2 is 1.62 bits per heavy atom. The number of piperidine rings is 1. The predicted molar refractivity (Wildman–Crippen MR) is 137 cm³/mol. The predicted octanol–water partition coefficient (Wildman–Crippen LogP) is 5.28. The first kappa shape index (κ1) is 33.3. The van der Waals surface area contributed by atoms with Crippen LogP contribution in [-0.2, 0) is 14.4 Å². The van der Waals surface area contributed by atoms with Gasteiger partial charge in [-0.3, -0.25) is 4.79 Å². The molecule has 1 rings (SSSR count). The molecule has 0 aliphatic carbocycles. The number of rotatable bonds is 8. The van der Waals surface area contributed by atoms with Crippen LogP contribution in [0, 0.1) is 5.41 Å². The lowest BCUT2D eigenvalue weighted by atomic mass is 9.82. The number of allylic oxidation sites excluding steroid dienone is 3. The van der Waals surface area contributed by atoms with E-state index in [9.17, 15) is 4.79 Å². The Labute approximate surface area is 205 Å². The molecule has 0 spiro atoms. The molecule has 0 bridgehead atoms. The maximum absolute atomic E-state index is 9.39. The van der Waals surface area contributed by atoms with E-state index in [1.165, 1.54) is 28.6 Å². The Morgan fingerprint density at radius 1 is 1.19 bits per heavy atom. The van der Waals surface area contributed by atoms with Crippen molar-refractivity contribution in [2.24, 2.45) is 5.41 Å². The molecule has 1 saturated heterocycles. The number of carbonyl (C=O) groups is 1. The first-order chi connectivity index (χ1) is 14.6. The summed E-state index contributed by atoms with van der Waals surface area (Å²) >= 11 is 3.83. The maximum Gasteiger partial charge on any atom is 0.293 e. The molecule has 0 aromatic carbocycles. The smallest absolute Gasteiger partial charge is 0.293 e. The molecule has 0 atom stereocenters. The SMILES string of the molecule is CC(C)(C)O.CC(C)OC=O.CCC(CC)=C(/C(Br)=C(/C)[NH2+]OC)N1CCC(C)(C)CC1. The molecule has 1 fully saturated rings. The van der Waals surface area contributed by atoms with Gasteiger partial charge in [0.05, 0.1) is 29.0 Å². The second-order valence-corrected chi connectivity index (χ2v) is 10.9. The number of likely N-dealkylation sites (tertiary alicyclic amines) is 1. The highest BCUT2D eigenvalue weighted by molar-refractivity contribution is 9.12. The summed E-state index contributed by atoms with van der Waals surface area (Å²) in [6.07, 6.45) is 4.74. The van der Waals surface area contributed by atoms with Crippen LogP contribution in [0.3, 0.4) is 0 Å². The standard InChI is InChI=1S/C17H31BrN2O.C4H8O2.C4H10O/c1-7-14(8-2)16(15(18)13(3)19-21-6)20-11-9-17(4,5)10-12-20;1-4(2)6-3-5;1-4(2,3)5/h19H,7-12H2,1-6H3;3-4H,1-2H3;5H,1-3H3/p+1/b15-13+;;. The molecule has 6 nitrogen and oxygen atoms in total. The van der Waals surface area contributed by atoms with Crippen molar-refractivity contribution in [1.82, 2.24) is 4.90 Å². The first-order valence-electron chi connectivity index (χ1n) is 11.6. The van der Waals surface area contributed by atoms with Crippen LogP contribution in [0.15, 0.2) is 21.4 Å². The van der Waals surface area contributed by atoms with Crippen molar-refractivity contribution in [1.29, 1.82) is 0 Å². The van der Waals surface area contributed by atoms with Crippen molar-refractivity contribution in [3.05, 3.63) is 21.4 Å². The highest BCUT2D eigenvalue weighted by atomic mass is 79.9. The van der Waals surface area contributed by atoms with Gasteiger partial charge in [0.15, 0.2) is 5.70 Å². The minimum atomic E-state index is -0.500. The van der Waals surface area contributed by atoms with E-state index in [0.29, 0.717) is 11.9 Å². The van der Waals surface area contributed by atoms with Gasteiger partial charge in [-0.2, -0.15) is 5.48 Å². The number of hydrogen-bond donors (Lipinski definition) is 2. The van der Waals surface area contributed by atoms with Crippen LogP contribution < -0.4 is 5.48 Å². The second kappa shape index (κ2) is 16.7. The monoisotopic (exact) mass is 521 g/mol. The number of nitrogens with zero attached hydrogens (tertiary/aromatic N) is 1. The molecule has 0 aromatic rings. The normalized spacial score (nSPS) is 16.1. The minimum absolute atomic E-state index is 0.0301. The van der Waals surface area contributed by atoms with Crippen molar-refractivity contribution >= 4 is 22.4 Å². The number of halogens is 1. The van der Waals surface area contributed by atoms with Gasteiger partial charge in [-0.15, -0.1) is 0 Å².